The molecule has 0 bridgehead atoms. The maximum Gasteiger partial charge on any atom is 0.0488 e. The van der Waals surface area contributed by atoms with Gasteiger partial charge in [-0.15, -0.1) is 0 Å². The predicted molar refractivity (Wildman–Crippen MR) is 97.8 cm³/mol. The van der Waals surface area contributed by atoms with Crippen LogP contribution in [0.2, 0.25) is 0 Å². The van der Waals surface area contributed by atoms with Crippen LogP contribution in [0, 0.1) is 0 Å². The lowest BCUT2D eigenvalue weighted by atomic mass is 9.85. The summed E-state index contributed by atoms with van der Waals surface area (Å²) in [5, 5.41) is 2.74. The van der Waals surface area contributed by atoms with Gasteiger partial charge in [-0.1, -0.05) is 53.7 Å². The van der Waals surface area contributed by atoms with Crippen molar-refractivity contribution in [1.82, 2.24) is 4.57 Å². The third-order valence-electron chi connectivity index (χ3n) is 4.74. The van der Waals surface area contributed by atoms with Crippen molar-refractivity contribution in [2.24, 2.45) is 7.05 Å². The molecule has 116 valence electrons. The van der Waals surface area contributed by atoms with E-state index in [9.17, 15) is 0 Å². The minimum atomic E-state index is 0.179. The number of aryl methyl sites for hydroxylation is 1. The van der Waals surface area contributed by atoms with Crippen LogP contribution in [0.5, 0.6) is 0 Å². The molecule has 0 atom stereocenters. The standard InChI is InChI=1S/C21H27N/c1-20(2,3)14-8-10-18-16(12-14)17-13-15(21(4,5)6)9-11-19(17)22(18)7/h8-13H,1-7H3. The molecule has 0 saturated carbocycles. The second-order valence-corrected chi connectivity index (χ2v) is 8.52. The average molecular weight is 293 g/mol. The van der Waals surface area contributed by atoms with E-state index in [1.807, 2.05) is 0 Å². The first kappa shape index (κ1) is 15.1. The first-order valence-corrected chi connectivity index (χ1v) is 8.12. The Bertz CT molecular complexity index is 780. The quantitative estimate of drug-likeness (QED) is 0.484. The minimum absolute atomic E-state index is 0.179. The highest BCUT2D eigenvalue weighted by molar-refractivity contribution is 6.08. The van der Waals surface area contributed by atoms with E-state index < -0.39 is 0 Å². The second kappa shape index (κ2) is 4.62. The average Bonchev–Trinajstić information content (AvgIpc) is 2.70. The maximum atomic E-state index is 2.38. The molecule has 1 nitrogen and oxygen atoms in total. The van der Waals surface area contributed by atoms with Gasteiger partial charge in [0, 0.05) is 28.9 Å². The van der Waals surface area contributed by atoms with Crippen molar-refractivity contribution in [3.8, 4) is 0 Å². The second-order valence-electron chi connectivity index (χ2n) is 8.52. The van der Waals surface area contributed by atoms with E-state index in [4.69, 9.17) is 0 Å². The van der Waals surface area contributed by atoms with E-state index in [1.54, 1.807) is 0 Å². The fraction of sp³-hybridized carbons (Fsp3) is 0.429. The molecule has 0 aliphatic rings. The van der Waals surface area contributed by atoms with Gasteiger partial charge in [-0.2, -0.15) is 0 Å². The summed E-state index contributed by atoms with van der Waals surface area (Å²) in [7, 11) is 2.16. The first-order chi connectivity index (χ1) is 10.1. The van der Waals surface area contributed by atoms with Crippen LogP contribution in [0.15, 0.2) is 36.4 Å². The zero-order chi connectivity index (χ0) is 16.3. The van der Waals surface area contributed by atoms with Crippen molar-refractivity contribution in [2.45, 2.75) is 52.4 Å². The highest BCUT2D eigenvalue weighted by Crippen LogP contribution is 2.35. The summed E-state index contributed by atoms with van der Waals surface area (Å²) in [6.07, 6.45) is 0. The van der Waals surface area contributed by atoms with E-state index in [0.29, 0.717) is 0 Å². The fourth-order valence-corrected chi connectivity index (χ4v) is 3.15. The molecule has 0 fully saturated rings. The smallest absolute Gasteiger partial charge is 0.0488 e. The third-order valence-corrected chi connectivity index (χ3v) is 4.74. The van der Waals surface area contributed by atoms with Crippen LogP contribution in [0.3, 0.4) is 0 Å². The summed E-state index contributed by atoms with van der Waals surface area (Å²) >= 11 is 0. The summed E-state index contributed by atoms with van der Waals surface area (Å²) in [5.41, 5.74) is 5.78. The number of hydrogen-bond donors (Lipinski definition) is 0. The first-order valence-electron chi connectivity index (χ1n) is 8.12. The van der Waals surface area contributed by atoms with Crippen LogP contribution in [0.4, 0.5) is 0 Å². The van der Waals surface area contributed by atoms with Crippen LogP contribution in [-0.4, -0.2) is 4.57 Å². The zero-order valence-electron chi connectivity index (χ0n) is 14.9. The molecule has 3 aromatic rings. The molecule has 0 spiro atoms. The summed E-state index contributed by atoms with van der Waals surface area (Å²) in [6, 6.07) is 13.8. The van der Waals surface area contributed by atoms with Gasteiger partial charge in [0.1, 0.15) is 0 Å². The molecule has 0 N–H and O–H groups in total. The van der Waals surface area contributed by atoms with Gasteiger partial charge in [-0.25, -0.2) is 0 Å². The van der Waals surface area contributed by atoms with Crippen LogP contribution < -0.4 is 0 Å². The van der Waals surface area contributed by atoms with Crippen LogP contribution >= 0.6 is 0 Å². The lowest BCUT2D eigenvalue weighted by Crippen LogP contribution is -2.10. The molecule has 1 heterocycles. The van der Waals surface area contributed by atoms with Crippen LogP contribution in [0.25, 0.3) is 21.8 Å². The molecular weight excluding hydrogens is 266 g/mol. The SMILES string of the molecule is Cn1c2ccc(C(C)(C)C)cc2c2cc(C(C)(C)C)ccc21. The van der Waals surface area contributed by atoms with Gasteiger partial charge in [0.25, 0.3) is 0 Å². The van der Waals surface area contributed by atoms with Crippen molar-refractivity contribution >= 4 is 21.8 Å². The molecular formula is C21H27N. The minimum Gasteiger partial charge on any atom is -0.344 e. The van der Waals surface area contributed by atoms with Crippen molar-refractivity contribution < 1.29 is 0 Å². The molecule has 1 heteroatoms. The Hall–Kier alpha value is -1.76. The molecule has 0 amide bonds. The van der Waals surface area contributed by atoms with Crippen molar-refractivity contribution in [1.29, 1.82) is 0 Å². The van der Waals surface area contributed by atoms with Crippen LogP contribution in [0.1, 0.15) is 52.7 Å². The van der Waals surface area contributed by atoms with E-state index in [2.05, 4.69) is 89.6 Å². The largest absolute Gasteiger partial charge is 0.344 e. The number of rotatable bonds is 0. The summed E-state index contributed by atoms with van der Waals surface area (Å²) < 4.78 is 2.31. The molecule has 0 aliphatic carbocycles. The van der Waals surface area contributed by atoms with Crippen molar-refractivity contribution in [2.75, 3.05) is 0 Å². The van der Waals surface area contributed by atoms with Crippen molar-refractivity contribution in [3.05, 3.63) is 47.5 Å². The fourth-order valence-electron chi connectivity index (χ4n) is 3.15. The van der Waals surface area contributed by atoms with Gasteiger partial charge in [-0.05, 0) is 46.2 Å². The summed E-state index contributed by atoms with van der Waals surface area (Å²) in [4.78, 5) is 0. The highest BCUT2D eigenvalue weighted by atomic mass is 14.9. The predicted octanol–water partition coefficient (Wildman–Crippen LogP) is 5.93. The van der Waals surface area contributed by atoms with Gasteiger partial charge in [-0.3, -0.25) is 0 Å². The molecule has 1 aromatic heterocycles. The number of aromatic nitrogens is 1. The lowest BCUT2D eigenvalue weighted by Gasteiger charge is -2.19. The zero-order valence-corrected chi connectivity index (χ0v) is 14.9. The monoisotopic (exact) mass is 293 g/mol. The van der Waals surface area contributed by atoms with E-state index in [1.165, 1.54) is 32.9 Å². The van der Waals surface area contributed by atoms with Gasteiger partial charge in [0.15, 0.2) is 0 Å². The van der Waals surface area contributed by atoms with Crippen molar-refractivity contribution in [3.63, 3.8) is 0 Å². The molecule has 0 unspecified atom stereocenters. The Labute approximate surface area is 133 Å². The number of fused-ring (bicyclic) bond motifs is 3. The number of hydrogen-bond acceptors (Lipinski definition) is 0. The number of nitrogens with zero attached hydrogens (tertiary/aromatic N) is 1. The molecule has 3 rings (SSSR count). The normalized spacial score (nSPS) is 13.2. The molecule has 0 radical (unpaired) electrons. The Kier molecular flexibility index (Phi) is 3.18. The third kappa shape index (κ3) is 2.33. The van der Waals surface area contributed by atoms with Gasteiger partial charge < -0.3 is 4.57 Å². The molecule has 2 aromatic carbocycles. The topological polar surface area (TPSA) is 4.93 Å². The summed E-state index contributed by atoms with van der Waals surface area (Å²) in [5.74, 6) is 0. The summed E-state index contributed by atoms with van der Waals surface area (Å²) in [6.45, 7) is 13.7. The van der Waals surface area contributed by atoms with Gasteiger partial charge in [0.2, 0.25) is 0 Å². The molecule has 22 heavy (non-hydrogen) atoms. The Balaban J connectivity index is 2.38. The Morgan fingerprint density at radius 2 is 1.00 bits per heavy atom. The Morgan fingerprint density at radius 3 is 1.32 bits per heavy atom. The molecule has 0 aliphatic heterocycles. The van der Waals surface area contributed by atoms with Gasteiger partial charge >= 0.3 is 0 Å². The highest BCUT2D eigenvalue weighted by Gasteiger charge is 2.18. The lowest BCUT2D eigenvalue weighted by molar-refractivity contribution is 0.590. The van der Waals surface area contributed by atoms with Gasteiger partial charge in [0.05, 0.1) is 0 Å². The van der Waals surface area contributed by atoms with Crippen LogP contribution in [-0.2, 0) is 17.9 Å². The van der Waals surface area contributed by atoms with E-state index in [-0.39, 0.29) is 10.8 Å². The van der Waals surface area contributed by atoms with E-state index in [0.717, 1.165) is 0 Å². The molecule has 0 saturated heterocycles. The van der Waals surface area contributed by atoms with E-state index >= 15 is 0 Å². The maximum absolute atomic E-state index is 2.38. The number of benzene rings is 2. The Morgan fingerprint density at radius 1 is 0.636 bits per heavy atom.